The number of methoxy groups -OCH3 is 1. The molecule has 0 spiro atoms. The highest BCUT2D eigenvalue weighted by molar-refractivity contribution is 7.92. The van der Waals surface area contributed by atoms with E-state index < -0.39 is 15.8 Å². The fourth-order valence-electron chi connectivity index (χ4n) is 2.24. The molecule has 0 bridgehead atoms. The molecule has 1 aromatic carbocycles. The third kappa shape index (κ3) is 4.71. The molecular formula is C18H12Cl2FN5O3S. The summed E-state index contributed by atoms with van der Waals surface area (Å²) in [4.78, 5) is 11.1. The van der Waals surface area contributed by atoms with E-state index in [9.17, 15) is 12.8 Å². The molecule has 0 saturated carbocycles. The molecule has 2 heterocycles. The van der Waals surface area contributed by atoms with Gasteiger partial charge in [-0.3, -0.25) is 4.72 Å². The zero-order chi connectivity index (χ0) is 21.9. The highest BCUT2D eigenvalue weighted by Crippen LogP contribution is 2.32. The summed E-state index contributed by atoms with van der Waals surface area (Å²) in [6, 6.07) is 3.35. The van der Waals surface area contributed by atoms with Crippen molar-refractivity contribution in [3.05, 3.63) is 63.8 Å². The van der Waals surface area contributed by atoms with Crippen LogP contribution in [0.2, 0.25) is 10.0 Å². The third-order valence-electron chi connectivity index (χ3n) is 3.61. The van der Waals surface area contributed by atoms with Gasteiger partial charge in [0.25, 0.3) is 10.0 Å². The van der Waals surface area contributed by atoms with E-state index in [0.717, 1.165) is 18.2 Å². The summed E-state index contributed by atoms with van der Waals surface area (Å²) in [6.45, 7) is 0. The molecule has 12 heteroatoms. The minimum Gasteiger partial charge on any atom is -0.480 e. The number of hydrogen-bond acceptors (Lipinski definition) is 7. The molecule has 0 aliphatic heterocycles. The number of rotatable bonds is 4. The van der Waals surface area contributed by atoms with E-state index in [1.54, 1.807) is 0 Å². The first-order valence-electron chi connectivity index (χ1n) is 8.01. The van der Waals surface area contributed by atoms with Gasteiger partial charge in [0.1, 0.15) is 5.82 Å². The lowest BCUT2D eigenvalue weighted by Crippen LogP contribution is -2.15. The number of nitrogens with two attached hydrogens (primary N) is 1. The zero-order valence-electron chi connectivity index (χ0n) is 15.1. The fourth-order valence-corrected chi connectivity index (χ4v) is 3.98. The lowest BCUT2D eigenvalue weighted by Gasteiger charge is -2.13. The molecule has 8 nitrogen and oxygen atoms in total. The van der Waals surface area contributed by atoms with Crippen LogP contribution in [0.25, 0.3) is 0 Å². The number of anilines is 2. The van der Waals surface area contributed by atoms with Gasteiger partial charge in [-0.1, -0.05) is 35.0 Å². The van der Waals surface area contributed by atoms with E-state index >= 15 is 0 Å². The lowest BCUT2D eigenvalue weighted by molar-refractivity contribution is 0.385. The Morgan fingerprint density at radius 2 is 1.83 bits per heavy atom. The topological polar surface area (TPSA) is 120 Å². The molecule has 0 radical (unpaired) electrons. The van der Waals surface area contributed by atoms with Crippen LogP contribution in [0.1, 0.15) is 11.1 Å². The minimum atomic E-state index is -4.21. The number of benzene rings is 1. The van der Waals surface area contributed by atoms with Gasteiger partial charge in [0, 0.05) is 18.6 Å². The number of aromatic nitrogens is 3. The molecule has 0 atom stereocenters. The normalized spacial score (nSPS) is 10.8. The van der Waals surface area contributed by atoms with Crippen molar-refractivity contribution < 1.29 is 17.5 Å². The summed E-state index contributed by atoms with van der Waals surface area (Å²) >= 11 is 12.1. The average molecular weight is 468 g/mol. The molecule has 3 rings (SSSR count). The van der Waals surface area contributed by atoms with Crippen molar-refractivity contribution in [1.82, 2.24) is 15.0 Å². The van der Waals surface area contributed by atoms with Gasteiger partial charge in [-0.25, -0.2) is 27.8 Å². The predicted molar refractivity (Wildman–Crippen MR) is 110 cm³/mol. The second-order valence-electron chi connectivity index (χ2n) is 5.63. The van der Waals surface area contributed by atoms with Gasteiger partial charge in [0.15, 0.2) is 4.90 Å². The van der Waals surface area contributed by atoms with Crippen LogP contribution in [0.5, 0.6) is 5.88 Å². The number of ether oxygens (including phenoxy) is 1. The molecule has 0 aliphatic rings. The van der Waals surface area contributed by atoms with E-state index in [0.29, 0.717) is 5.56 Å². The first-order valence-corrected chi connectivity index (χ1v) is 10.2. The van der Waals surface area contributed by atoms with Gasteiger partial charge in [-0.05, 0) is 18.2 Å². The van der Waals surface area contributed by atoms with Crippen molar-refractivity contribution >= 4 is 44.9 Å². The molecule has 0 fully saturated rings. The predicted octanol–water partition coefficient (Wildman–Crippen LogP) is 3.11. The largest absolute Gasteiger partial charge is 0.480 e. The Bertz CT molecular complexity index is 1280. The number of nitrogen functional groups attached to an aromatic ring is 1. The van der Waals surface area contributed by atoms with Crippen LogP contribution in [0, 0.1) is 17.7 Å². The van der Waals surface area contributed by atoms with Crippen LogP contribution in [-0.2, 0) is 10.0 Å². The summed E-state index contributed by atoms with van der Waals surface area (Å²) in [5.74, 6) is 4.33. The Balaban J connectivity index is 2.00. The van der Waals surface area contributed by atoms with Gasteiger partial charge in [-0.15, -0.1) is 0 Å². The summed E-state index contributed by atoms with van der Waals surface area (Å²) < 4.78 is 47.1. The van der Waals surface area contributed by atoms with E-state index in [-0.39, 0.29) is 38.0 Å². The Morgan fingerprint density at radius 1 is 1.13 bits per heavy atom. The van der Waals surface area contributed by atoms with E-state index in [1.165, 1.54) is 25.7 Å². The SMILES string of the molecule is COc1ncc(Cl)cc1S(=O)(=O)Nc1ccc(F)c(C#Cc2cnc(N)nc2)c1Cl. The van der Waals surface area contributed by atoms with Gasteiger partial charge in [0.05, 0.1) is 34.0 Å². The maximum absolute atomic E-state index is 14.3. The highest BCUT2D eigenvalue weighted by atomic mass is 35.5. The molecule has 3 N–H and O–H groups in total. The quantitative estimate of drug-likeness (QED) is 0.565. The molecule has 154 valence electrons. The van der Waals surface area contributed by atoms with Crippen LogP contribution in [0.15, 0.2) is 41.7 Å². The Labute approximate surface area is 181 Å². The summed E-state index contributed by atoms with van der Waals surface area (Å²) in [5, 5.41) is -0.157. The molecule has 3 aromatic rings. The molecular weight excluding hydrogens is 456 g/mol. The second kappa shape index (κ2) is 8.71. The maximum Gasteiger partial charge on any atom is 0.267 e. The maximum atomic E-state index is 14.3. The van der Waals surface area contributed by atoms with Crippen LogP contribution < -0.4 is 15.2 Å². The fraction of sp³-hybridized carbons (Fsp3) is 0.0556. The van der Waals surface area contributed by atoms with Crippen molar-refractivity contribution in [2.75, 3.05) is 17.6 Å². The highest BCUT2D eigenvalue weighted by Gasteiger charge is 2.23. The van der Waals surface area contributed by atoms with Crippen LogP contribution in [0.4, 0.5) is 16.0 Å². The van der Waals surface area contributed by atoms with Gasteiger partial charge >= 0.3 is 0 Å². The van der Waals surface area contributed by atoms with E-state index in [1.807, 2.05) is 0 Å². The van der Waals surface area contributed by atoms with Crippen molar-refractivity contribution in [3.63, 3.8) is 0 Å². The minimum absolute atomic E-state index is 0.0621. The number of halogens is 3. The van der Waals surface area contributed by atoms with Crippen molar-refractivity contribution in [2.24, 2.45) is 0 Å². The number of hydrogen-bond donors (Lipinski definition) is 2. The number of nitrogens with one attached hydrogen (secondary N) is 1. The average Bonchev–Trinajstić information content (AvgIpc) is 2.71. The van der Waals surface area contributed by atoms with E-state index in [2.05, 4.69) is 31.5 Å². The Morgan fingerprint density at radius 3 is 2.50 bits per heavy atom. The second-order valence-corrected chi connectivity index (χ2v) is 8.10. The summed E-state index contributed by atoms with van der Waals surface area (Å²) in [7, 11) is -2.95. The van der Waals surface area contributed by atoms with Gasteiger partial charge in [-0.2, -0.15) is 0 Å². The molecule has 0 unspecified atom stereocenters. The standard InChI is InChI=1S/C18H12Cl2FN5O3S/c1-29-17-15(6-11(19)9-23-17)30(27,28)26-14-5-4-13(21)12(16(14)20)3-2-10-7-24-18(22)25-8-10/h4-9,26H,1H3,(H2,22,24,25). The monoisotopic (exact) mass is 467 g/mol. The number of pyridine rings is 1. The lowest BCUT2D eigenvalue weighted by atomic mass is 10.2. The van der Waals surface area contributed by atoms with Gasteiger partial charge < -0.3 is 10.5 Å². The van der Waals surface area contributed by atoms with Crippen molar-refractivity contribution in [2.45, 2.75) is 4.90 Å². The van der Waals surface area contributed by atoms with Crippen LogP contribution >= 0.6 is 23.2 Å². The first kappa shape index (κ1) is 21.6. The summed E-state index contributed by atoms with van der Waals surface area (Å²) in [6.07, 6.45) is 3.94. The molecule has 0 amide bonds. The molecule has 2 aromatic heterocycles. The first-order chi connectivity index (χ1) is 14.2. The smallest absolute Gasteiger partial charge is 0.267 e. The Hall–Kier alpha value is -3.13. The molecule has 0 aliphatic carbocycles. The van der Waals surface area contributed by atoms with E-state index in [4.69, 9.17) is 33.7 Å². The summed E-state index contributed by atoms with van der Waals surface area (Å²) in [5.41, 5.74) is 5.45. The Kier molecular flexibility index (Phi) is 6.26. The zero-order valence-corrected chi connectivity index (χ0v) is 17.5. The van der Waals surface area contributed by atoms with Crippen LogP contribution in [0.3, 0.4) is 0 Å². The van der Waals surface area contributed by atoms with Gasteiger partial charge in [0.2, 0.25) is 11.8 Å². The molecule has 30 heavy (non-hydrogen) atoms. The number of nitrogens with zero attached hydrogens (tertiary/aromatic N) is 3. The third-order valence-corrected chi connectivity index (χ3v) is 5.57. The van der Waals surface area contributed by atoms with Crippen LogP contribution in [-0.4, -0.2) is 30.5 Å². The van der Waals surface area contributed by atoms with Crippen molar-refractivity contribution in [3.8, 4) is 17.7 Å². The van der Waals surface area contributed by atoms with Crippen molar-refractivity contribution in [1.29, 1.82) is 0 Å². The number of sulfonamides is 1. The molecule has 0 saturated heterocycles.